The van der Waals surface area contributed by atoms with Gasteiger partial charge in [-0.05, 0) is 19.3 Å². The van der Waals surface area contributed by atoms with Crippen LogP contribution in [0.1, 0.15) is 239 Å². The summed E-state index contributed by atoms with van der Waals surface area (Å²) in [5.41, 5.74) is 0. The van der Waals surface area contributed by atoms with Crippen LogP contribution in [-0.4, -0.2) is 193 Å². The van der Waals surface area contributed by atoms with Gasteiger partial charge in [0.05, 0.1) is 38.6 Å². The van der Waals surface area contributed by atoms with Crippen molar-refractivity contribution in [2.24, 2.45) is 0 Å². The van der Waals surface area contributed by atoms with Gasteiger partial charge in [0, 0.05) is 6.42 Å². The molecule has 0 bridgehead atoms. The first-order valence-corrected chi connectivity index (χ1v) is 31.9. The fourth-order valence-electron chi connectivity index (χ4n) is 11.1. The van der Waals surface area contributed by atoms with E-state index in [2.05, 4.69) is 19.2 Å². The summed E-state index contributed by atoms with van der Waals surface area (Å²) in [4.78, 5) is 13.3. The van der Waals surface area contributed by atoms with Crippen molar-refractivity contribution in [1.82, 2.24) is 5.32 Å². The number of ether oxygens (including phenoxy) is 6. The Hall–Kier alpha value is -1.47. The van der Waals surface area contributed by atoms with Crippen LogP contribution in [0.2, 0.25) is 0 Å². The third-order valence-corrected chi connectivity index (χ3v) is 16.3. The van der Waals surface area contributed by atoms with Gasteiger partial charge in [0.15, 0.2) is 18.9 Å². The fraction of sp³-hybridized carbons (Fsp3) is 0.951. The van der Waals surface area contributed by atoms with Gasteiger partial charge in [0.1, 0.15) is 73.2 Å². The Morgan fingerprint density at radius 2 is 0.775 bits per heavy atom. The van der Waals surface area contributed by atoms with Crippen molar-refractivity contribution in [3.63, 3.8) is 0 Å². The molecule has 19 nitrogen and oxygen atoms in total. The lowest BCUT2D eigenvalue weighted by atomic mass is 9.96. The van der Waals surface area contributed by atoms with Crippen LogP contribution in [0.4, 0.5) is 0 Å². The second-order valence-corrected chi connectivity index (χ2v) is 23.2. The summed E-state index contributed by atoms with van der Waals surface area (Å²) >= 11 is 0. The summed E-state index contributed by atoms with van der Waals surface area (Å²) in [6.07, 6.45) is 19.3. The molecule has 3 saturated heterocycles. The zero-order valence-corrected chi connectivity index (χ0v) is 49.3. The molecule has 3 aliphatic rings. The van der Waals surface area contributed by atoms with Crippen molar-refractivity contribution >= 4 is 5.91 Å². The molecule has 0 radical (unpaired) electrons. The van der Waals surface area contributed by atoms with E-state index in [1.165, 1.54) is 167 Å². The molecule has 3 fully saturated rings. The first-order valence-electron chi connectivity index (χ1n) is 31.9. The molecule has 0 spiro atoms. The van der Waals surface area contributed by atoms with Gasteiger partial charge in [0.2, 0.25) is 5.91 Å². The monoisotopic (exact) mass is 1150 g/mol. The highest BCUT2D eigenvalue weighted by Crippen LogP contribution is 2.33. The SMILES string of the molecule is CCCCCCCCCC/C=C/C(O)C(COC1OC(CO)C(OC2OC(CO)C(OC3OC(CO)C(O)C(O)C3O)C(O)C2O)C(O)C1O)NC(=O)CCCCCCCCCCCCCCCCCCCCCCCCCCC. The van der Waals surface area contributed by atoms with E-state index in [9.17, 15) is 61.0 Å². The van der Waals surface area contributed by atoms with Gasteiger partial charge >= 0.3 is 0 Å². The number of amides is 1. The summed E-state index contributed by atoms with van der Waals surface area (Å²) in [5, 5.41) is 120. The molecule has 19 heteroatoms. The predicted molar refractivity (Wildman–Crippen MR) is 305 cm³/mol. The number of unbranched alkanes of at least 4 members (excludes halogenated alkanes) is 32. The molecule has 17 atom stereocenters. The van der Waals surface area contributed by atoms with Gasteiger partial charge in [-0.15, -0.1) is 0 Å². The molecule has 17 unspecified atom stereocenters. The van der Waals surface area contributed by atoms with Crippen molar-refractivity contribution in [3.8, 4) is 0 Å². The van der Waals surface area contributed by atoms with Crippen LogP contribution in [0.3, 0.4) is 0 Å². The summed E-state index contributed by atoms with van der Waals surface area (Å²) in [6, 6.07) is -0.966. The average Bonchev–Trinajstić information content (AvgIpc) is 3.45. The number of allylic oxidation sites excluding steroid dienone is 1. The van der Waals surface area contributed by atoms with E-state index in [1.807, 2.05) is 6.08 Å². The number of carbonyl (C=O) groups is 1. The van der Waals surface area contributed by atoms with Crippen molar-refractivity contribution in [2.75, 3.05) is 26.4 Å². The van der Waals surface area contributed by atoms with Gasteiger partial charge in [-0.3, -0.25) is 4.79 Å². The quantitative estimate of drug-likeness (QED) is 0.0227. The molecule has 472 valence electrons. The highest BCUT2D eigenvalue weighted by molar-refractivity contribution is 5.76. The number of carbonyl (C=O) groups excluding carboxylic acids is 1. The second kappa shape index (κ2) is 44.9. The Morgan fingerprint density at radius 1 is 0.438 bits per heavy atom. The largest absolute Gasteiger partial charge is 0.394 e. The first-order chi connectivity index (χ1) is 38.8. The lowest BCUT2D eigenvalue weighted by Crippen LogP contribution is -2.66. The van der Waals surface area contributed by atoms with Crippen LogP contribution in [0.25, 0.3) is 0 Å². The fourth-order valence-corrected chi connectivity index (χ4v) is 11.1. The number of hydrogen-bond acceptors (Lipinski definition) is 18. The minimum absolute atomic E-state index is 0.249. The van der Waals surface area contributed by atoms with Crippen molar-refractivity contribution < 1.29 is 89.4 Å². The Kier molecular flexibility index (Phi) is 40.9. The molecule has 0 aromatic carbocycles. The molecular formula is C61H115NO18. The summed E-state index contributed by atoms with van der Waals surface area (Å²) in [6.45, 7) is 1.72. The maximum Gasteiger partial charge on any atom is 0.220 e. The van der Waals surface area contributed by atoms with E-state index < -0.39 is 124 Å². The number of rotatable bonds is 48. The molecular weight excluding hydrogens is 1030 g/mol. The summed E-state index contributed by atoms with van der Waals surface area (Å²) in [5.74, 6) is -0.273. The predicted octanol–water partition coefficient (Wildman–Crippen LogP) is 6.55. The van der Waals surface area contributed by atoms with Crippen LogP contribution in [0.5, 0.6) is 0 Å². The Balaban J connectivity index is 1.41. The number of hydrogen-bond donors (Lipinski definition) is 12. The molecule has 0 saturated carbocycles. The van der Waals surface area contributed by atoms with E-state index in [1.54, 1.807) is 6.08 Å². The van der Waals surface area contributed by atoms with E-state index in [0.29, 0.717) is 6.42 Å². The third kappa shape index (κ3) is 28.2. The summed E-state index contributed by atoms with van der Waals surface area (Å²) in [7, 11) is 0. The van der Waals surface area contributed by atoms with Crippen LogP contribution in [-0.2, 0) is 33.2 Å². The molecule has 3 heterocycles. The molecule has 80 heavy (non-hydrogen) atoms. The molecule has 0 aromatic rings. The first kappa shape index (κ1) is 72.8. The minimum atomic E-state index is -1.97. The van der Waals surface area contributed by atoms with Gasteiger partial charge in [-0.2, -0.15) is 0 Å². The Bertz CT molecular complexity index is 1510. The molecule has 3 aliphatic heterocycles. The van der Waals surface area contributed by atoms with Crippen LogP contribution < -0.4 is 5.32 Å². The zero-order chi connectivity index (χ0) is 58.3. The normalized spacial score (nSPS) is 30.0. The minimum Gasteiger partial charge on any atom is -0.394 e. The molecule has 12 N–H and O–H groups in total. The maximum atomic E-state index is 13.3. The highest BCUT2D eigenvalue weighted by atomic mass is 16.8. The van der Waals surface area contributed by atoms with Crippen molar-refractivity contribution in [1.29, 1.82) is 0 Å². The van der Waals surface area contributed by atoms with Gasteiger partial charge < -0.3 is 89.9 Å². The topological polar surface area (TPSA) is 307 Å². The number of nitrogens with one attached hydrogen (secondary N) is 1. The van der Waals surface area contributed by atoms with E-state index in [0.717, 1.165) is 44.9 Å². The Labute approximate surface area is 480 Å². The maximum absolute atomic E-state index is 13.3. The van der Waals surface area contributed by atoms with Crippen molar-refractivity contribution in [3.05, 3.63) is 12.2 Å². The molecule has 1 amide bonds. The number of aliphatic hydroxyl groups excluding tert-OH is 11. The van der Waals surface area contributed by atoms with Gasteiger partial charge in [-0.1, -0.05) is 225 Å². The molecule has 3 rings (SSSR count). The number of aliphatic hydroxyl groups is 11. The second-order valence-electron chi connectivity index (χ2n) is 23.2. The van der Waals surface area contributed by atoms with Crippen LogP contribution in [0, 0.1) is 0 Å². The Morgan fingerprint density at radius 3 is 1.18 bits per heavy atom. The van der Waals surface area contributed by atoms with Gasteiger partial charge in [0.25, 0.3) is 0 Å². The standard InChI is InChI=1S/C61H115NO18/c1-3-5-7-9-11-13-15-16-17-18-19-20-21-22-23-24-25-26-27-28-29-31-33-35-37-39-49(67)62-44(45(66)38-36-34-32-30-14-12-10-8-6-4-2)43-75-59-55(73)52(70)57(47(41-64)77-59)80-61-56(74)53(71)58(48(42-65)78-61)79-60-54(72)51(69)50(68)46(40-63)76-60/h36,38,44-48,50-61,63-66,68-74H,3-35,37,39-43H2,1-2H3,(H,62,67)/b38-36+. The zero-order valence-electron chi connectivity index (χ0n) is 49.3. The smallest absolute Gasteiger partial charge is 0.220 e. The van der Waals surface area contributed by atoms with Gasteiger partial charge in [-0.25, -0.2) is 0 Å². The van der Waals surface area contributed by atoms with Crippen LogP contribution in [0.15, 0.2) is 12.2 Å². The van der Waals surface area contributed by atoms with Crippen molar-refractivity contribution in [2.45, 2.75) is 343 Å². The van der Waals surface area contributed by atoms with E-state index >= 15 is 0 Å². The van der Waals surface area contributed by atoms with E-state index in [-0.39, 0.29) is 18.9 Å². The third-order valence-electron chi connectivity index (χ3n) is 16.3. The lowest BCUT2D eigenvalue weighted by Gasteiger charge is -2.48. The van der Waals surface area contributed by atoms with Crippen LogP contribution >= 0.6 is 0 Å². The highest BCUT2D eigenvalue weighted by Gasteiger charge is 2.53. The molecule has 0 aromatic heterocycles. The molecule has 0 aliphatic carbocycles. The van der Waals surface area contributed by atoms with E-state index in [4.69, 9.17) is 28.4 Å². The lowest BCUT2D eigenvalue weighted by molar-refractivity contribution is -0.379. The average molecular weight is 1150 g/mol. The summed E-state index contributed by atoms with van der Waals surface area (Å²) < 4.78 is 34.2.